The molecule has 2 amide bonds. The zero-order valence-electron chi connectivity index (χ0n) is 10.5. The molecule has 7 heteroatoms. The van der Waals surface area contributed by atoms with Gasteiger partial charge in [-0.05, 0) is 30.2 Å². The molecule has 0 aliphatic rings. The lowest BCUT2D eigenvalue weighted by Crippen LogP contribution is -2.30. The van der Waals surface area contributed by atoms with Crippen LogP contribution in [0, 0.1) is 5.92 Å². The molecule has 4 nitrogen and oxygen atoms in total. The SMILES string of the molecule is CC(C)CONC(=O)Nc1ccc(C(F)(F)F)cc1. The molecule has 0 spiro atoms. The van der Waals surface area contributed by atoms with Crippen LogP contribution < -0.4 is 10.8 Å². The molecule has 1 rings (SSSR count). The van der Waals surface area contributed by atoms with Crippen molar-refractivity contribution in [1.29, 1.82) is 0 Å². The molecule has 0 unspecified atom stereocenters. The van der Waals surface area contributed by atoms with Gasteiger partial charge in [-0.1, -0.05) is 13.8 Å². The van der Waals surface area contributed by atoms with Crippen LogP contribution in [-0.2, 0) is 11.0 Å². The molecule has 0 aliphatic heterocycles. The van der Waals surface area contributed by atoms with Crippen LogP contribution in [0.2, 0.25) is 0 Å². The maximum absolute atomic E-state index is 12.3. The predicted molar refractivity (Wildman–Crippen MR) is 64.4 cm³/mol. The quantitative estimate of drug-likeness (QED) is 0.828. The second kappa shape index (κ2) is 6.42. The fourth-order valence-electron chi connectivity index (χ4n) is 1.17. The number of alkyl halides is 3. The molecule has 1 aromatic rings. The van der Waals surface area contributed by atoms with Crippen molar-refractivity contribution < 1.29 is 22.8 Å². The van der Waals surface area contributed by atoms with Crippen molar-refractivity contribution in [3.05, 3.63) is 29.8 Å². The zero-order valence-corrected chi connectivity index (χ0v) is 10.5. The van der Waals surface area contributed by atoms with Crippen LogP contribution in [0.1, 0.15) is 19.4 Å². The first kappa shape index (κ1) is 15.3. The Bertz CT molecular complexity index is 416. The van der Waals surface area contributed by atoms with Gasteiger partial charge in [-0.2, -0.15) is 13.2 Å². The third-order valence-electron chi connectivity index (χ3n) is 2.05. The number of anilines is 1. The van der Waals surface area contributed by atoms with Crippen LogP contribution in [0.25, 0.3) is 0 Å². The average molecular weight is 276 g/mol. The summed E-state index contributed by atoms with van der Waals surface area (Å²) in [4.78, 5) is 16.2. The van der Waals surface area contributed by atoms with Gasteiger partial charge in [-0.15, -0.1) is 0 Å². The molecule has 0 heterocycles. The van der Waals surface area contributed by atoms with Crippen LogP contribution in [0.5, 0.6) is 0 Å². The summed E-state index contributed by atoms with van der Waals surface area (Å²) in [6.07, 6.45) is -4.39. The third-order valence-corrected chi connectivity index (χ3v) is 2.05. The predicted octanol–water partition coefficient (Wildman–Crippen LogP) is 3.41. The number of benzene rings is 1. The number of rotatable bonds is 4. The first-order valence-corrected chi connectivity index (χ1v) is 5.65. The van der Waals surface area contributed by atoms with E-state index in [4.69, 9.17) is 4.84 Å². The van der Waals surface area contributed by atoms with Crippen molar-refractivity contribution >= 4 is 11.7 Å². The summed E-state index contributed by atoms with van der Waals surface area (Å²) in [5, 5.41) is 2.35. The van der Waals surface area contributed by atoms with Gasteiger partial charge in [0.25, 0.3) is 0 Å². The first-order valence-electron chi connectivity index (χ1n) is 5.65. The minimum Gasteiger partial charge on any atom is -0.306 e. The van der Waals surface area contributed by atoms with Crippen molar-refractivity contribution in [3.63, 3.8) is 0 Å². The first-order chi connectivity index (χ1) is 8.79. The lowest BCUT2D eigenvalue weighted by atomic mass is 10.2. The lowest BCUT2D eigenvalue weighted by molar-refractivity contribution is -0.137. The van der Waals surface area contributed by atoms with Gasteiger partial charge in [0.05, 0.1) is 12.2 Å². The standard InChI is InChI=1S/C12H15F3N2O2/c1-8(2)7-19-17-11(18)16-10-5-3-9(4-6-10)12(13,14)15/h3-6,8H,7H2,1-2H3,(H2,16,17,18). The number of carbonyl (C=O) groups is 1. The topological polar surface area (TPSA) is 50.4 Å². The largest absolute Gasteiger partial charge is 0.416 e. The Hall–Kier alpha value is -1.76. The van der Waals surface area contributed by atoms with E-state index in [9.17, 15) is 18.0 Å². The van der Waals surface area contributed by atoms with E-state index >= 15 is 0 Å². The van der Waals surface area contributed by atoms with Crippen LogP contribution in [0.15, 0.2) is 24.3 Å². The molecule has 0 radical (unpaired) electrons. The monoisotopic (exact) mass is 276 g/mol. The van der Waals surface area contributed by atoms with E-state index in [2.05, 4.69) is 10.8 Å². The fraction of sp³-hybridized carbons (Fsp3) is 0.417. The molecule has 0 bridgehead atoms. The summed E-state index contributed by atoms with van der Waals surface area (Å²) >= 11 is 0. The van der Waals surface area contributed by atoms with Gasteiger partial charge in [-0.25, -0.2) is 10.3 Å². The van der Waals surface area contributed by atoms with Gasteiger partial charge in [0.1, 0.15) is 0 Å². The van der Waals surface area contributed by atoms with E-state index < -0.39 is 17.8 Å². The van der Waals surface area contributed by atoms with E-state index in [0.717, 1.165) is 12.1 Å². The number of carbonyl (C=O) groups excluding carboxylic acids is 1. The number of urea groups is 1. The summed E-state index contributed by atoms with van der Waals surface area (Å²) in [6.45, 7) is 4.17. The molecule has 0 aromatic heterocycles. The van der Waals surface area contributed by atoms with Crippen LogP contribution in [0.3, 0.4) is 0 Å². The Morgan fingerprint density at radius 3 is 2.32 bits per heavy atom. The molecule has 19 heavy (non-hydrogen) atoms. The smallest absolute Gasteiger partial charge is 0.306 e. The Labute approximate surface area is 108 Å². The number of hydrogen-bond donors (Lipinski definition) is 2. The summed E-state index contributed by atoms with van der Waals surface area (Å²) in [5.74, 6) is 0.256. The third kappa shape index (κ3) is 5.60. The second-order valence-corrected chi connectivity index (χ2v) is 4.34. The summed E-state index contributed by atoms with van der Waals surface area (Å²) < 4.78 is 36.9. The molecule has 1 aromatic carbocycles. The minimum absolute atomic E-state index is 0.249. The Balaban J connectivity index is 2.47. The van der Waals surface area contributed by atoms with Gasteiger partial charge in [0.2, 0.25) is 0 Å². The van der Waals surface area contributed by atoms with Crippen LogP contribution in [0.4, 0.5) is 23.7 Å². The maximum Gasteiger partial charge on any atom is 0.416 e. The molecular weight excluding hydrogens is 261 g/mol. The van der Waals surface area contributed by atoms with Crippen molar-refractivity contribution in [2.75, 3.05) is 11.9 Å². The molecular formula is C12H15F3N2O2. The highest BCUT2D eigenvalue weighted by molar-refractivity contribution is 5.88. The summed E-state index contributed by atoms with van der Waals surface area (Å²) in [7, 11) is 0. The fourth-order valence-corrected chi connectivity index (χ4v) is 1.17. The summed E-state index contributed by atoms with van der Waals surface area (Å²) in [6, 6.07) is 3.49. The molecule has 0 atom stereocenters. The second-order valence-electron chi connectivity index (χ2n) is 4.34. The number of nitrogens with one attached hydrogen (secondary N) is 2. The van der Waals surface area contributed by atoms with Crippen LogP contribution in [-0.4, -0.2) is 12.6 Å². The maximum atomic E-state index is 12.3. The molecule has 0 saturated heterocycles. The number of halogens is 3. The van der Waals surface area contributed by atoms with Gasteiger partial charge in [-0.3, -0.25) is 4.84 Å². The highest BCUT2D eigenvalue weighted by Gasteiger charge is 2.29. The molecule has 0 saturated carbocycles. The van der Waals surface area contributed by atoms with E-state index in [1.807, 2.05) is 13.8 Å². The molecule has 106 valence electrons. The zero-order chi connectivity index (χ0) is 14.5. The average Bonchev–Trinajstić information content (AvgIpc) is 2.27. The highest BCUT2D eigenvalue weighted by atomic mass is 19.4. The van der Waals surface area contributed by atoms with Crippen molar-refractivity contribution in [3.8, 4) is 0 Å². The van der Waals surface area contributed by atoms with Crippen molar-refractivity contribution in [2.24, 2.45) is 5.92 Å². The highest BCUT2D eigenvalue weighted by Crippen LogP contribution is 2.29. The Kier molecular flexibility index (Phi) is 5.17. The van der Waals surface area contributed by atoms with Gasteiger partial charge < -0.3 is 5.32 Å². The van der Waals surface area contributed by atoms with Crippen LogP contribution >= 0.6 is 0 Å². The van der Waals surface area contributed by atoms with Gasteiger partial charge in [0.15, 0.2) is 0 Å². The minimum atomic E-state index is -4.39. The molecule has 0 aliphatic carbocycles. The lowest BCUT2D eigenvalue weighted by Gasteiger charge is -2.10. The molecule has 0 fully saturated rings. The number of hydrogen-bond acceptors (Lipinski definition) is 2. The number of hydroxylamine groups is 1. The molecule has 2 N–H and O–H groups in total. The van der Waals surface area contributed by atoms with E-state index in [1.54, 1.807) is 0 Å². The Morgan fingerprint density at radius 2 is 1.84 bits per heavy atom. The normalized spacial score (nSPS) is 11.5. The van der Waals surface area contributed by atoms with E-state index in [0.29, 0.717) is 6.61 Å². The van der Waals surface area contributed by atoms with E-state index in [1.165, 1.54) is 12.1 Å². The summed E-state index contributed by atoms with van der Waals surface area (Å²) in [5.41, 5.74) is 1.61. The number of amides is 2. The van der Waals surface area contributed by atoms with Gasteiger partial charge in [0, 0.05) is 5.69 Å². The van der Waals surface area contributed by atoms with Crippen molar-refractivity contribution in [1.82, 2.24) is 5.48 Å². The van der Waals surface area contributed by atoms with Crippen molar-refractivity contribution in [2.45, 2.75) is 20.0 Å². The van der Waals surface area contributed by atoms with E-state index in [-0.39, 0.29) is 11.6 Å². The van der Waals surface area contributed by atoms with Gasteiger partial charge >= 0.3 is 12.2 Å². The Morgan fingerprint density at radius 1 is 1.26 bits per heavy atom.